The number of nitrogens with zero attached hydrogens (tertiary/aromatic N) is 3. The Kier molecular flexibility index (Phi) is 7.83. The third-order valence-electron chi connectivity index (χ3n) is 6.70. The van der Waals surface area contributed by atoms with E-state index in [1.165, 1.54) is 38.8 Å². The van der Waals surface area contributed by atoms with Crippen molar-refractivity contribution >= 4 is 29.9 Å². The van der Waals surface area contributed by atoms with Crippen LogP contribution in [-0.2, 0) is 4.74 Å². The Morgan fingerprint density at radius 3 is 2.36 bits per heavy atom. The maximum Gasteiger partial charge on any atom is 0.193 e. The molecule has 3 fully saturated rings. The van der Waals surface area contributed by atoms with Gasteiger partial charge in [0.05, 0.1) is 0 Å². The summed E-state index contributed by atoms with van der Waals surface area (Å²) in [6.45, 7) is 12.3. The first-order valence-electron chi connectivity index (χ1n) is 9.89. The van der Waals surface area contributed by atoms with E-state index in [0.717, 1.165) is 51.6 Å². The van der Waals surface area contributed by atoms with Gasteiger partial charge in [-0.15, -0.1) is 24.0 Å². The highest BCUT2D eigenvalue weighted by molar-refractivity contribution is 14.0. The molecule has 0 aromatic rings. The van der Waals surface area contributed by atoms with E-state index in [2.05, 4.69) is 34.0 Å². The van der Waals surface area contributed by atoms with Crippen LogP contribution >= 0.6 is 24.0 Å². The monoisotopic (exact) mass is 464 g/mol. The first-order chi connectivity index (χ1) is 11.6. The fourth-order valence-corrected chi connectivity index (χ4v) is 4.62. The number of hydrogen-bond acceptors (Lipinski definition) is 3. The highest BCUT2D eigenvalue weighted by Gasteiger charge is 2.40. The molecule has 0 bridgehead atoms. The Morgan fingerprint density at radius 1 is 1.12 bits per heavy atom. The van der Waals surface area contributed by atoms with Crippen molar-refractivity contribution in [1.82, 2.24) is 15.1 Å². The van der Waals surface area contributed by atoms with Crippen LogP contribution in [0.1, 0.15) is 52.4 Å². The maximum absolute atomic E-state index is 5.66. The second-order valence-electron chi connectivity index (χ2n) is 8.27. The summed E-state index contributed by atoms with van der Waals surface area (Å²) in [6, 6.07) is 0. The number of nitrogens with one attached hydrogen (secondary N) is 1. The van der Waals surface area contributed by atoms with Gasteiger partial charge in [-0.05, 0) is 57.0 Å². The van der Waals surface area contributed by atoms with E-state index < -0.39 is 0 Å². The summed E-state index contributed by atoms with van der Waals surface area (Å²) in [5.41, 5.74) is 0.710. The summed E-state index contributed by atoms with van der Waals surface area (Å²) < 4.78 is 5.66. The summed E-state index contributed by atoms with van der Waals surface area (Å²) in [4.78, 5) is 9.77. The zero-order valence-electron chi connectivity index (χ0n) is 16.4. The summed E-state index contributed by atoms with van der Waals surface area (Å²) in [7, 11) is 1.93. The lowest BCUT2D eigenvalue weighted by Crippen LogP contribution is -2.58. The van der Waals surface area contributed by atoms with Crippen molar-refractivity contribution < 1.29 is 4.74 Å². The van der Waals surface area contributed by atoms with E-state index in [-0.39, 0.29) is 29.5 Å². The number of aliphatic imine (C=N–C) groups is 1. The van der Waals surface area contributed by atoms with Crippen molar-refractivity contribution in [1.29, 1.82) is 0 Å². The van der Waals surface area contributed by atoms with E-state index in [0.29, 0.717) is 5.41 Å². The summed E-state index contributed by atoms with van der Waals surface area (Å²) >= 11 is 0. The van der Waals surface area contributed by atoms with Gasteiger partial charge in [0.25, 0.3) is 0 Å². The van der Waals surface area contributed by atoms with Gasteiger partial charge in [0.1, 0.15) is 0 Å². The molecular formula is C19H37IN4O. The minimum atomic E-state index is 0. The minimum Gasteiger partial charge on any atom is -0.381 e. The van der Waals surface area contributed by atoms with Gasteiger partial charge >= 0.3 is 0 Å². The summed E-state index contributed by atoms with van der Waals surface area (Å²) in [5, 5.41) is 3.74. The quantitative estimate of drug-likeness (QED) is 0.395. The second-order valence-corrected chi connectivity index (χ2v) is 8.27. The van der Waals surface area contributed by atoms with Crippen molar-refractivity contribution in [3.63, 3.8) is 0 Å². The lowest BCUT2D eigenvalue weighted by Gasteiger charge is -2.45. The average molecular weight is 464 g/mol. The minimum absolute atomic E-state index is 0. The molecule has 6 heteroatoms. The zero-order chi connectivity index (χ0) is 17.0. The lowest BCUT2D eigenvalue weighted by molar-refractivity contribution is -0.0166. The van der Waals surface area contributed by atoms with Gasteiger partial charge in [-0.3, -0.25) is 9.89 Å². The van der Waals surface area contributed by atoms with Crippen LogP contribution in [0.2, 0.25) is 0 Å². The number of likely N-dealkylation sites (tertiary alicyclic amines) is 2. The largest absolute Gasteiger partial charge is 0.381 e. The van der Waals surface area contributed by atoms with Crippen LogP contribution in [0, 0.1) is 5.41 Å². The van der Waals surface area contributed by atoms with E-state index >= 15 is 0 Å². The molecular weight excluding hydrogens is 427 g/mol. The van der Waals surface area contributed by atoms with Crippen LogP contribution in [0.15, 0.2) is 4.99 Å². The maximum atomic E-state index is 5.66. The molecule has 3 aliphatic rings. The number of ether oxygens (including phenoxy) is 1. The molecule has 3 heterocycles. The fourth-order valence-electron chi connectivity index (χ4n) is 4.62. The molecule has 0 saturated carbocycles. The molecule has 1 N–H and O–H groups in total. The third kappa shape index (κ3) is 4.80. The number of hydrogen-bond donors (Lipinski definition) is 1. The van der Waals surface area contributed by atoms with E-state index in [4.69, 9.17) is 4.74 Å². The molecule has 3 saturated heterocycles. The van der Waals surface area contributed by atoms with Crippen LogP contribution in [0.4, 0.5) is 0 Å². The van der Waals surface area contributed by atoms with Crippen LogP contribution in [0.25, 0.3) is 0 Å². The Labute approximate surface area is 171 Å². The second kappa shape index (κ2) is 9.22. The Morgan fingerprint density at radius 2 is 1.80 bits per heavy atom. The van der Waals surface area contributed by atoms with Gasteiger partial charge in [-0.2, -0.15) is 0 Å². The Bertz CT molecular complexity index is 447. The molecule has 0 aromatic heterocycles. The highest BCUT2D eigenvalue weighted by Crippen LogP contribution is 2.34. The molecule has 146 valence electrons. The van der Waals surface area contributed by atoms with Crippen molar-refractivity contribution in [3.8, 4) is 0 Å². The zero-order valence-corrected chi connectivity index (χ0v) is 18.7. The smallest absolute Gasteiger partial charge is 0.193 e. The van der Waals surface area contributed by atoms with Crippen molar-refractivity contribution in [2.24, 2.45) is 10.4 Å². The topological polar surface area (TPSA) is 40.1 Å². The Hall–Kier alpha value is -0.0800. The molecule has 0 spiro atoms. The van der Waals surface area contributed by atoms with Crippen LogP contribution in [-0.4, -0.2) is 74.3 Å². The van der Waals surface area contributed by atoms with Crippen molar-refractivity contribution in [2.75, 3.05) is 53.0 Å². The average Bonchev–Trinajstić information content (AvgIpc) is 3.27. The molecule has 0 aliphatic carbocycles. The SMILES string of the molecule is CCC1(C)CCN(C(=NC)NCC2(N3CCCC3)CCOCC2)C1.I. The number of rotatable bonds is 4. The molecule has 1 atom stereocenters. The molecule has 3 rings (SSSR count). The first kappa shape index (κ1) is 21.2. The van der Waals surface area contributed by atoms with Crippen LogP contribution < -0.4 is 5.32 Å². The predicted molar refractivity (Wildman–Crippen MR) is 115 cm³/mol. The van der Waals surface area contributed by atoms with Gasteiger partial charge in [0.15, 0.2) is 5.96 Å². The van der Waals surface area contributed by atoms with Crippen LogP contribution in [0.3, 0.4) is 0 Å². The van der Waals surface area contributed by atoms with Crippen molar-refractivity contribution in [2.45, 2.75) is 57.9 Å². The molecule has 0 aromatic carbocycles. The van der Waals surface area contributed by atoms with Crippen LogP contribution in [0.5, 0.6) is 0 Å². The van der Waals surface area contributed by atoms with E-state index in [1.807, 2.05) is 7.05 Å². The van der Waals surface area contributed by atoms with Gasteiger partial charge < -0.3 is 15.0 Å². The van der Waals surface area contributed by atoms with E-state index in [9.17, 15) is 0 Å². The summed E-state index contributed by atoms with van der Waals surface area (Å²) in [6.07, 6.45) is 7.49. The highest BCUT2D eigenvalue weighted by atomic mass is 127. The predicted octanol–water partition coefficient (Wildman–Crippen LogP) is 2.95. The number of halogens is 1. The fraction of sp³-hybridized carbons (Fsp3) is 0.947. The molecule has 3 aliphatic heterocycles. The van der Waals surface area contributed by atoms with E-state index in [1.54, 1.807) is 0 Å². The molecule has 0 radical (unpaired) electrons. The summed E-state index contributed by atoms with van der Waals surface area (Å²) in [5.74, 6) is 1.09. The third-order valence-corrected chi connectivity index (χ3v) is 6.70. The number of guanidine groups is 1. The normalized spacial score (nSPS) is 30.4. The Balaban J connectivity index is 0.00000225. The van der Waals surface area contributed by atoms with Gasteiger partial charge in [-0.25, -0.2) is 0 Å². The molecule has 0 amide bonds. The van der Waals surface area contributed by atoms with Crippen molar-refractivity contribution in [3.05, 3.63) is 0 Å². The van der Waals surface area contributed by atoms with Gasteiger partial charge in [-0.1, -0.05) is 13.8 Å². The first-order valence-corrected chi connectivity index (χ1v) is 9.89. The molecule has 5 nitrogen and oxygen atoms in total. The lowest BCUT2D eigenvalue weighted by atomic mass is 9.87. The van der Waals surface area contributed by atoms with Gasteiger partial charge in [0.2, 0.25) is 0 Å². The standard InChI is InChI=1S/C19H36N4O.HI/c1-4-18(2)7-12-22(16-18)17(20-3)21-15-19(8-13-24-14-9-19)23-10-5-6-11-23;/h4-16H2,1-3H3,(H,20,21);1H. The molecule has 1 unspecified atom stereocenters. The van der Waals surface area contributed by atoms with Gasteiger partial charge in [0, 0.05) is 45.4 Å². The molecule has 25 heavy (non-hydrogen) atoms.